The maximum Gasteiger partial charge on any atom is 0.243 e. The van der Waals surface area contributed by atoms with E-state index in [1.54, 1.807) is 0 Å². The normalized spacial score (nSPS) is 16.8. The lowest BCUT2D eigenvalue weighted by molar-refractivity contribution is 0.425. The highest BCUT2D eigenvalue weighted by Crippen LogP contribution is 2.19. The third kappa shape index (κ3) is 3.85. The first-order valence-corrected chi connectivity index (χ1v) is 7.26. The summed E-state index contributed by atoms with van der Waals surface area (Å²) in [4.78, 5) is -0.870. The van der Waals surface area contributed by atoms with Gasteiger partial charge in [-0.05, 0) is 32.0 Å². The number of rotatable bonds is 3. The average Bonchev–Trinajstić information content (AvgIpc) is 2.34. The lowest BCUT2D eigenvalue weighted by Gasteiger charge is -2.23. The van der Waals surface area contributed by atoms with Crippen molar-refractivity contribution in [3.8, 4) is 0 Å². The Balaban J connectivity index is 0.00000200. The van der Waals surface area contributed by atoms with E-state index in [-0.39, 0.29) is 24.5 Å². The Hall–Kier alpha value is -0.830. The van der Waals surface area contributed by atoms with Gasteiger partial charge in [0.15, 0.2) is 11.6 Å². The van der Waals surface area contributed by atoms with Crippen LogP contribution in [0.3, 0.4) is 0 Å². The van der Waals surface area contributed by atoms with Crippen molar-refractivity contribution < 1.29 is 21.6 Å². The monoisotopic (exact) mass is 330 g/mol. The second-order valence-electron chi connectivity index (χ2n) is 4.34. The van der Waals surface area contributed by atoms with Crippen molar-refractivity contribution in [3.05, 3.63) is 29.6 Å². The molecule has 9 heteroatoms. The predicted octanol–water partition coefficient (Wildman–Crippen LogP) is 1.56. The zero-order valence-corrected chi connectivity index (χ0v) is 12.0. The summed E-state index contributed by atoms with van der Waals surface area (Å²) in [6.07, 6.45) is 1.12. The molecule has 0 aromatic heterocycles. The van der Waals surface area contributed by atoms with Crippen LogP contribution in [0.4, 0.5) is 13.2 Å². The summed E-state index contributed by atoms with van der Waals surface area (Å²) in [6.45, 7) is 1.29. The molecule has 1 saturated heterocycles. The van der Waals surface area contributed by atoms with Gasteiger partial charge in [0.25, 0.3) is 0 Å². The van der Waals surface area contributed by atoms with E-state index in [1.807, 2.05) is 0 Å². The second kappa shape index (κ2) is 6.75. The molecule has 1 aromatic carbocycles. The van der Waals surface area contributed by atoms with Crippen LogP contribution in [0.5, 0.6) is 0 Å². The average molecular weight is 331 g/mol. The van der Waals surface area contributed by atoms with Crippen molar-refractivity contribution in [2.75, 3.05) is 13.1 Å². The number of sulfonamides is 1. The van der Waals surface area contributed by atoms with Gasteiger partial charge in [-0.2, -0.15) is 0 Å². The molecule has 1 heterocycles. The Labute approximate surface area is 121 Å². The molecule has 0 radical (unpaired) electrons. The Kier molecular flexibility index (Phi) is 5.81. The van der Waals surface area contributed by atoms with E-state index >= 15 is 0 Å². The Bertz CT molecular complexity index is 577. The van der Waals surface area contributed by atoms with Crippen molar-refractivity contribution in [2.45, 2.75) is 23.8 Å². The molecule has 0 spiro atoms. The van der Waals surface area contributed by atoms with Crippen LogP contribution in [0.1, 0.15) is 12.8 Å². The molecule has 2 N–H and O–H groups in total. The third-order valence-electron chi connectivity index (χ3n) is 2.93. The molecule has 0 bridgehead atoms. The van der Waals surface area contributed by atoms with Gasteiger partial charge in [-0.25, -0.2) is 26.3 Å². The molecule has 4 nitrogen and oxygen atoms in total. The summed E-state index contributed by atoms with van der Waals surface area (Å²) >= 11 is 0. The molecule has 2 rings (SSSR count). The van der Waals surface area contributed by atoms with Gasteiger partial charge >= 0.3 is 0 Å². The Morgan fingerprint density at radius 3 is 2.20 bits per heavy atom. The summed E-state index contributed by atoms with van der Waals surface area (Å²) in [5.74, 6) is -4.12. The molecule has 0 amide bonds. The molecule has 1 fully saturated rings. The van der Waals surface area contributed by atoms with E-state index in [0.717, 1.165) is 0 Å². The van der Waals surface area contributed by atoms with Crippen molar-refractivity contribution in [1.29, 1.82) is 0 Å². The highest BCUT2D eigenvalue weighted by molar-refractivity contribution is 7.89. The van der Waals surface area contributed by atoms with E-state index in [0.29, 0.717) is 32.0 Å². The highest BCUT2D eigenvalue weighted by Gasteiger charge is 2.26. The number of piperidine rings is 1. The first-order chi connectivity index (χ1) is 8.90. The quantitative estimate of drug-likeness (QED) is 0.827. The number of halogens is 4. The fourth-order valence-corrected chi connectivity index (χ4v) is 3.31. The molecule has 0 atom stereocenters. The second-order valence-corrected chi connectivity index (χ2v) is 6.02. The van der Waals surface area contributed by atoms with Crippen molar-refractivity contribution in [1.82, 2.24) is 10.0 Å². The summed E-state index contributed by atoms with van der Waals surface area (Å²) in [6, 6.07) is 0.249. The molecule has 1 aromatic rings. The molecular weight excluding hydrogens is 317 g/mol. The van der Waals surface area contributed by atoms with Gasteiger partial charge in [0.2, 0.25) is 10.0 Å². The van der Waals surface area contributed by atoms with E-state index in [1.165, 1.54) is 0 Å². The maximum absolute atomic E-state index is 13.4. The van der Waals surface area contributed by atoms with Crippen LogP contribution in [0.15, 0.2) is 17.0 Å². The molecule has 0 unspecified atom stereocenters. The highest BCUT2D eigenvalue weighted by atomic mass is 35.5. The molecule has 1 aliphatic heterocycles. The standard InChI is InChI=1S/C11H13F3N2O2S.ClH/c12-8-5-10(14)11(6-9(8)13)19(17,18)16-7-1-3-15-4-2-7;/h5-7,15-16H,1-4H2;1H. The van der Waals surface area contributed by atoms with Gasteiger partial charge in [-0.15, -0.1) is 12.4 Å². The SMILES string of the molecule is Cl.O=S(=O)(NC1CCNCC1)c1cc(F)c(F)cc1F. The minimum Gasteiger partial charge on any atom is -0.317 e. The maximum atomic E-state index is 13.4. The first kappa shape index (κ1) is 17.2. The van der Waals surface area contributed by atoms with Crippen LogP contribution in [0.25, 0.3) is 0 Å². The number of hydrogen-bond acceptors (Lipinski definition) is 3. The Morgan fingerprint density at radius 2 is 1.60 bits per heavy atom. The summed E-state index contributed by atoms with van der Waals surface area (Å²) in [5.41, 5.74) is 0. The third-order valence-corrected chi connectivity index (χ3v) is 4.46. The van der Waals surface area contributed by atoms with Gasteiger partial charge in [-0.3, -0.25) is 0 Å². The molecule has 0 saturated carbocycles. The zero-order chi connectivity index (χ0) is 14.0. The van der Waals surface area contributed by atoms with Crippen LogP contribution in [0, 0.1) is 17.5 Å². The molecular formula is C11H14ClF3N2O2S. The molecule has 114 valence electrons. The smallest absolute Gasteiger partial charge is 0.243 e. The van der Waals surface area contributed by atoms with Crippen LogP contribution < -0.4 is 10.0 Å². The minimum atomic E-state index is -4.19. The topological polar surface area (TPSA) is 58.2 Å². The van der Waals surface area contributed by atoms with Crippen molar-refractivity contribution in [2.24, 2.45) is 0 Å². The fourth-order valence-electron chi connectivity index (χ4n) is 1.93. The van der Waals surface area contributed by atoms with Crippen LogP contribution in [-0.4, -0.2) is 27.5 Å². The van der Waals surface area contributed by atoms with Gasteiger partial charge in [0.05, 0.1) is 0 Å². The van der Waals surface area contributed by atoms with Gasteiger partial charge in [-0.1, -0.05) is 0 Å². The molecule has 20 heavy (non-hydrogen) atoms. The van der Waals surface area contributed by atoms with E-state index in [2.05, 4.69) is 10.0 Å². The van der Waals surface area contributed by atoms with Gasteiger partial charge in [0, 0.05) is 12.1 Å². The van der Waals surface area contributed by atoms with Gasteiger partial charge in [0.1, 0.15) is 10.7 Å². The van der Waals surface area contributed by atoms with Crippen molar-refractivity contribution in [3.63, 3.8) is 0 Å². The number of benzene rings is 1. The molecule has 1 aliphatic rings. The summed E-state index contributed by atoms with van der Waals surface area (Å²) < 4.78 is 65.4. The first-order valence-electron chi connectivity index (χ1n) is 5.78. The van der Waals surface area contributed by atoms with E-state index < -0.39 is 32.4 Å². The van der Waals surface area contributed by atoms with E-state index in [4.69, 9.17) is 0 Å². The van der Waals surface area contributed by atoms with Crippen molar-refractivity contribution >= 4 is 22.4 Å². The number of hydrogen-bond donors (Lipinski definition) is 2. The zero-order valence-electron chi connectivity index (χ0n) is 10.3. The number of nitrogens with one attached hydrogen (secondary N) is 2. The van der Waals surface area contributed by atoms with Gasteiger partial charge < -0.3 is 5.32 Å². The molecule has 0 aliphatic carbocycles. The lowest BCUT2D eigenvalue weighted by Crippen LogP contribution is -2.42. The largest absolute Gasteiger partial charge is 0.317 e. The van der Waals surface area contributed by atoms with Crippen LogP contribution in [-0.2, 0) is 10.0 Å². The predicted molar refractivity (Wildman–Crippen MR) is 69.8 cm³/mol. The minimum absolute atomic E-state index is 0. The van der Waals surface area contributed by atoms with E-state index in [9.17, 15) is 21.6 Å². The van der Waals surface area contributed by atoms with Crippen LogP contribution in [0.2, 0.25) is 0 Å². The summed E-state index contributed by atoms with van der Waals surface area (Å²) in [5, 5.41) is 3.05. The fraction of sp³-hybridized carbons (Fsp3) is 0.455. The Morgan fingerprint density at radius 1 is 1.05 bits per heavy atom. The van der Waals surface area contributed by atoms with Crippen LogP contribution >= 0.6 is 12.4 Å². The lowest BCUT2D eigenvalue weighted by atomic mass is 10.1. The summed E-state index contributed by atoms with van der Waals surface area (Å²) in [7, 11) is -4.19.